The second-order valence-electron chi connectivity index (χ2n) is 4.85. The third-order valence-electron chi connectivity index (χ3n) is 3.48. The van der Waals surface area contributed by atoms with Crippen LogP contribution < -0.4 is 10.1 Å². The predicted molar refractivity (Wildman–Crippen MR) is 73.3 cm³/mol. The molecule has 2 heterocycles. The third-order valence-corrected chi connectivity index (χ3v) is 3.48. The number of nitrogens with zero attached hydrogens (tertiary/aromatic N) is 1. The number of imide groups is 1. The van der Waals surface area contributed by atoms with Crippen molar-refractivity contribution in [2.75, 3.05) is 7.11 Å². The molecule has 1 fully saturated rings. The molecular formula is C15H14N2O3. The standard InChI is InChI=1S/C15H14N2O3/c1-20-12-4-2-3-9-5-6-11(16-14(9)12)7-10-8-13(18)17-15(10)19/h2-6,10H,7-8H2,1H3,(H,17,18,19). The van der Waals surface area contributed by atoms with E-state index in [-0.39, 0.29) is 24.2 Å². The van der Waals surface area contributed by atoms with Crippen molar-refractivity contribution < 1.29 is 14.3 Å². The Hall–Kier alpha value is -2.43. The first kappa shape index (κ1) is 12.6. The number of rotatable bonds is 3. The van der Waals surface area contributed by atoms with Gasteiger partial charge in [-0.25, -0.2) is 4.98 Å². The third kappa shape index (κ3) is 2.22. The zero-order valence-electron chi connectivity index (χ0n) is 11.1. The summed E-state index contributed by atoms with van der Waals surface area (Å²) < 4.78 is 5.29. The number of methoxy groups -OCH3 is 1. The fourth-order valence-electron chi connectivity index (χ4n) is 2.46. The van der Waals surface area contributed by atoms with E-state index in [4.69, 9.17) is 4.74 Å². The molecule has 0 radical (unpaired) electrons. The summed E-state index contributed by atoms with van der Waals surface area (Å²) in [6, 6.07) is 9.56. The van der Waals surface area contributed by atoms with Crippen LogP contribution in [0.25, 0.3) is 10.9 Å². The molecule has 0 spiro atoms. The average molecular weight is 270 g/mol. The number of aromatic nitrogens is 1. The van der Waals surface area contributed by atoms with Gasteiger partial charge < -0.3 is 4.74 Å². The lowest BCUT2D eigenvalue weighted by atomic mass is 10.0. The number of pyridine rings is 1. The highest BCUT2D eigenvalue weighted by atomic mass is 16.5. The number of carbonyl (C=O) groups is 2. The molecule has 20 heavy (non-hydrogen) atoms. The van der Waals surface area contributed by atoms with Gasteiger partial charge in [0.15, 0.2) is 0 Å². The number of amides is 2. The Morgan fingerprint density at radius 2 is 2.15 bits per heavy atom. The molecular weight excluding hydrogens is 256 g/mol. The van der Waals surface area contributed by atoms with Gasteiger partial charge in [0.1, 0.15) is 11.3 Å². The highest BCUT2D eigenvalue weighted by Gasteiger charge is 2.30. The van der Waals surface area contributed by atoms with Gasteiger partial charge in [-0.05, 0) is 12.1 Å². The first-order valence-electron chi connectivity index (χ1n) is 6.43. The number of ether oxygens (including phenoxy) is 1. The Kier molecular flexibility index (Phi) is 3.10. The maximum atomic E-state index is 11.6. The highest BCUT2D eigenvalue weighted by Crippen LogP contribution is 2.25. The van der Waals surface area contributed by atoms with Crippen LogP contribution in [0.15, 0.2) is 30.3 Å². The maximum absolute atomic E-state index is 11.6. The molecule has 1 aliphatic rings. The quantitative estimate of drug-likeness (QED) is 0.857. The maximum Gasteiger partial charge on any atom is 0.230 e. The van der Waals surface area contributed by atoms with Crippen molar-refractivity contribution >= 4 is 22.7 Å². The van der Waals surface area contributed by atoms with Gasteiger partial charge >= 0.3 is 0 Å². The molecule has 1 aromatic carbocycles. The lowest BCUT2D eigenvalue weighted by molar-refractivity contribution is -0.125. The minimum absolute atomic E-state index is 0.210. The van der Waals surface area contributed by atoms with Crippen LogP contribution in [0.4, 0.5) is 0 Å². The number of hydrogen-bond acceptors (Lipinski definition) is 4. The molecule has 102 valence electrons. The molecule has 1 aromatic heterocycles. The average Bonchev–Trinajstić information content (AvgIpc) is 2.76. The van der Waals surface area contributed by atoms with Crippen molar-refractivity contribution in [1.29, 1.82) is 0 Å². The van der Waals surface area contributed by atoms with Crippen LogP contribution >= 0.6 is 0 Å². The van der Waals surface area contributed by atoms with E-state index in [9.17, 15) is 9.59 Å². The van der Waals surface area contributed by atoms with Crippen molar-refractivity contribution in [2.24, 2.45) is 5.92 Å². The van der Waals surface area contributed by atoms with Crippen LogP contribution in [-0.2, 0) is 16.0 Å². The number of hydrogen-bond donors (Lipinski definition) is 1. The van der Waals surface area contributed by atoms with Gasteiger partial charge in [-0.1, -0.05) is 18.2 Å². The second kappa shape index (κ2) is 4.92. The van der Waals surface area contributed by atoms with E-state index in [0.29, 0.717) is 12.2 Å². The van der Waals surface area contributed by atoms with E-state index in [1.54, 1.807) is 7.11 Å². The normalized spacial score (nSPS) is 18.4. The molecule has 5 nitrogen and oxygen atoms in total. The Balaban J connectivity index is 1.93. The zero-order valence-corrected chi connectivity index (χ0v) is 11.1. The molecule has 1 N–H and O–H groups in total. The van der Waals surface area contributed by atoms with E-state index in [1.807, 2.05) is 30.3 Å². The van der Waals surface area contributed by atoms with Gasteiger partial charge in [-0.2, -0.15) is 0 Å². The minimum Gasteiger partial charge on any atom is -0.494 e. The molecule has 1 saturated heterocycles. The SMILES string of the molecule is COc1cccc2ccc(CC3CC(=O)NC3=O)nc12. The van der Waals surface area contributed by atoms with Crippen LogP contribution in [0.3, 0.4) is 0 Å². The Bertz CT molecular complexity index is 697. The first-order valence-corrected chi connectivity index (χ1v) is 6.43. The van der Waals surface area contributed by atoms with E-state index >= 15 is 0 Å². The van der Waals surface area contributed by atoms with E-state index in [2.05, 4.69) is 10.3 Å². The lowest BCUT2D eigenvalue weighted by Crippen LogP contribution is -2.23. The summed E-state index contributed by atoms with van der Waals surface area (Å²) in [5.74, 6) is -0.0336. The summed E-state index contributed by atoms with van der Waals surface area (Å²) in [5.41, 5.74) is 1.56. The lowest BCUT2D eigenvalue weighted by Gasteiger charge is -2.08. The Morgan fingerprint density at radius 1 is 1.30 bits per heavy atom. The zero-order chi connectivity index (χ0) is 14.1. The van der Waals surface area contributed by atoms with Crippen LogP contribution in [0.1, 0.15) is 12.1 Å². The first-order chi connectivity index (χ1) is 9.67. The Labute approximate surface area is 116 Å². The van der Waals surface area contributed by atoms with Gasteiger partial charge in [0.2, 0.25) is 11.8 Å². The van der Waals surface area contributed by atoms with E-state index in [0.717, 1.165) is 16.6 Å². The van der Waals surface area contributed by atoms with Crippen LogP contribution in [0.5, 0.6) is 5.75 Å². The molecule has 1 unspecified atom stereocenters. The summed E-state index contributed by atoms with van der Waals surface area (Å²) in [5, 5.41) is 3.30. The molecule has 0 aliphatic carbocycles. The summed E-state index contributed by atoms with van der Waals surface area (Å²) in [7, 11) is 1.60. The van der Waals surface area contributed by atoms with Gasteiger partial charge in [0.25, 0.3) is 0 Å². The summed E-state index contributed by atoms with van der Waals surface area (Å²) in [4.78, 5) is 27.3. The van der Waals surface area contributed by atoms with Crippen molar-refractivity contribution in [3.05, 3.63) is 36.0 Å². The van der Waals surface area contributed by atoms with Crippen molar-refractivity contribution in [1.82, 2.24) is 10.3 Å². The summed E-state index contributed by atoms with van der Waals surface area (Å²) >= 11 is 0. The topological polar surface area (TPSA) is 68.3 Å². The summed E-state index contributed by atoms with van der Waals surface area (Å²) in [6.07, 6.45) is 0.704. The Morgan fingerprint density at radius 3 is 2.85 bits per heavy atom. The molecule has 1 atom stereocenters. The molecule has 0 saturated carbocycles. The smallest absolute Gasteiger partial charge is 0.230 e. The van der Waals surface area contributed by atoms with Gasteiger partial charge in [0.05, 0.1) is 13.0 Å². The number of fused-ring (bicyclic) bond motifs is 1. The van der Waals surface area contributed by atoms with Gasteiger partial charge in [0, 0.05) is 23.9 Å². The molecule has 2 amide bonds. The fourth-order valence-corrected chi connectivity index (χ4v) is 2.46. The largest absolute Gasteiger partial charge is 0.494 e. The molecule has 1 aliphatic heterocycles. The fraction of sp³-hybridized carbons (Fsp3) is 0.267. The summed E-state index contributed by atoms with van der Waals surface area (Å²) in [6.45, 7) is 0. The number of nitrogens with one attached hydrogen (secondary N) is 1. The monoisotopic (exact) mass is 270 g/mol. The molecule has 0 bridgehead atoms. The number of para-hydroxylation sites is 1. The number of carbonyl (C=O) groups excluding carboxylic acids is 2. The van der Waals surface area contributed by atoms with E-state index in [1.165, 1.54) is 0 Å². The van der Waals surface area contributed by atoms with Crippen molar-refractivity contribution in [3.8, 4) is 5.75 Å². The molecule has 3 rings (SSSR count). The molecule has 5 heteroatoms. The number of benzene rings is 1. The van der Waals surface area contributed by atoms with Crippen LogP contribution in [-0.4, -0.2) is 23.9 Å². The van der Waals surface area contributed by atoms with Crippen molar-refractivity contribution in [3.63, 3.8) is 0 Å². The van der Waals surface area contributed by atoms with E-state index < -0.39 is 0 Å². The van der Waals surface area contributed by atoms with Crippen LogP contribution in [0, 0.1) is 5.92 Å². The van der Waals surface area contributed by atoms with Crippen LogP contribution in [0.2, 0.25) is 0 Å². The highest BCUT2D eigenvalue weighted by molar-refractivity contribution is 6.03. The minimum atomic E-state index is -0.317. The van der Waals surface area contributed by atoms with Gasteiger partial charge in [-0.15, -0.1) is 0 Å². The van der Waals surface area contributed by atoms with Gasteiger partial charge in [-0.3, -0.25) is 14.9 Å². The van der Waals surface area contributed by atoms with Crippen molar-refractivity contribution in [2.45, 2.75) is 12.8 Å². The second-order valence-corrected chi connectivity index (χ2v) is 4.85. The predicted octanol–water partition coefficient (Wildman–Crippen LogP) is 1.45. The molecule has 2 aromatic rings.